The first-order chi connectivity index (χ1) is 16.4. The molecular weight excluding hydrogens is 505 g/mol. The van der Waals surface area contributed by atoms with Crippen molar-refractivity contribution in [3.05, 3.63) is 105 Å². The monoisotopic (exact) mass is 525 g/mol. The second-order valence-electron chi connectivity index (χ2n) is 7.51. The van der Waals surface area contributed by atoms with Crippen molar-refractivity contribution in [2.24, 2.45) is 0 Å². The van der Waals surface area contributed by atoms with E-state index in [9.17, 15) is 9.59 Å². The van der Waals surface area contributed by atoms with E-state index in [0.717, 1.165) is 16.9 Å². The lowest BCUT2D eigenvalue weighted by Crippen LogP contribution is -2.13. The van der Waals surface area contributed by atoms with E-state index in [0.29, 0.717) is 31.1 Å². The molecule has 0 aliphatic rings. The summed E-state index contributed by atoms with van der Waals surface area (Å²) >= 11 is 15.3. The van der Waals surface area contributed by atoms with E-state index in [1.54, 1.807) is 48.2 Å². The van der Waals surface area contributed by atoms with Gasteiger partial charge in [-0.25, -0.2) is 0 Å². The van der Waals surface area contributed by atoms with Crippen molar-refractivity contribution in [2.75, 3.05) is 11.1 Å². The van der Waals surface area contributed by atoms with Crippen LogP contribution in [0, 0.1) is 0 Å². The zero-order valence-electron chi connectivity index (χ0n) is 18.3. The van der Waals surface area contributed by atoms with Gasteiger partial charge >= 0.3 is 0 Å². The average molecular weight is 527 g/mol. The molecule has 0 spiro atoms. The van der Waals surface area contributed by atoms with Crippen molar-refractivity contribution < 1.29 is 9.59 Å². The van der Waals surface area contributed by atoms with Crippen LogP contribution in [0.3, 0.4) is 0 Å². The largest absolute Gasteiger partial charge is 0.317 e. The van der Waals surface area contributed by atoms with Gasteiger partial charge in [-0.15, -0.1) is 23.1 Å². The number of nitrogens with one attached hydrogen (secondary N) is 1. The molecule has 0 radical (unpaired) electrons. The molecule has 4 aromatic rings. The molecule has 7 heteroatoms. The summed E-state index contributed by atoms with van der Waals surface area (Å²) in [6.45, 7) is 2.11. The van der Waals surface area contributed by atoms with Crippen molar-refractivity contribution in [1.82, 2.24) is 0 Å². The second-order valence-corrected chi connectivity index (χ2v) is 10.8. The quantitative estimate of drug-likeness (QED) is 0.186. The number of anilines is 1. The molecule has 172 valence electrons. The predicted octanol–water partition coefficient (Wildman–Crippen LogP) is 8.25. The first kappa shape index (κ1) is 24.6. The molecule has 3 nitrogen and oxygen atoms in total. The fraction of sp³-hybridized carbons (Fsp3) is 0.111. The smallest absolute Gasteiger partial charge is 0.229 e. The third-order valence-corrected chi connectivity index (χ3v) is 7.44. The maximum Gasteiger partial charge on any atom is 0.229 e. The minimum absolute atomic E-state index is 0.142. The molecule has 1 heterocycles. The van der Waals surface area contributed by atoms with Crippen molar-refractivity contribution >= 4 is 63.0 Å². The summed E-state index contributed by atoms with van der Waals surface area (Å²) in [4.78, 5) is 27.8. The van der Waals surface area contributed by atoms with Gasteiger partial charge in [0.05, 0.1) is 16.3 Å². The van der Waals surface area contributed by atoms with Gasteiger partial charge in [-0.2, -0.15) is 0 Å². The first-order valence-electron chi connectivity index (χ1n) is 10.6. The number of hydrogen-bond acceptors (Lipinski definition) is 4. The molecule has 0 unspecified atom stereocenters. The van der Waals surface area contributed by atoms with E-state index in [4.69, 9.17) is 23.2 Å². The summed E-state index contributed by atoms with van der Waals surface area (Å²) in [7, 11) is 0. The Morgan fingerprint density at radius 3 is 2.29 bits per heavy atom. The Morgan fingerprint density at radius 2 is 1.62 bits per heavy atom. The van der Waals surface area contributed by atoms with Crippen molar-refractivity contribution in [3.63, 3.8) is 0 Å². The van der Waals surface area contributed by atoms with Crippen molar-refractivity contribution in [3.8, 4) is 11.1 Å². The van der Waals surface area contributed by atoms with E-state index in [1.165, 1.54) is 16.2 Å². The van der Waals surface area contributed by atoms with Crippen LogP contribution in [0.5, 0.6) is 0 Å². The Morgan fingerprint density at radius 1 is 0.912 bits per heavy atom. The molecule has 4 rings (SSSR count). The molecule has 0 aliphatic carbocycles. The van der Waals surface area contributed by atoms with Crippen LogP contribution in [0.15, 0.2) is 83.8 Å². The predicted molar refractivity (Wildman–Crippen MR) is 145 cm³/mol. The topological polar surface area (TPSA) is 46.2 Å². The van der Waals surface area contributed by atoms with Gasteiger partial charge in [0.2, 0.25) is 11.7 Å². The number of thioether (sulfide) groups is 1. The first-order valence-corrected chi connectivity index (χ1v) is 13.2. The SMILES string of the molecule is CCSc1ccc(CC(=O)Nc2cc(-c3cccc(Cl)c3)c(C(=O)c3cccc(Cl)c3)s2)cc1. The third kappa shape index (κ3) is 6.10. The van der Waals surface area contributed by atoms with E-state index in [2.05, 4.69) is 12.2 Å². The zero-order valence-corrected chi connectivity index (χ0v) is 21.5. The molecule has 0 bridgehead atoms. The molecule has 0 atom stereocenters. The Kier molecular flexibility index (Phi) is 8.11. The molecule has 1 amide bonds. The highest BCUT2D eigenvalue weighted by Crippen LogP contribution is 2.37. The normalized spacial score (nSPS) is 10.8. The van der Waals surface area contributed by atoms with Crippen LogP contribution in [0.1, 0.15) is 27.7 Å². The standard InChI is InChI=1S/C27H21Cl2NO2S2/c1-2-33-22-11-9-17(10-12-22)13-24(31)30-25-16-23(18-5-3-7-20(28)14-18)27(34-25)26(32)19-6-4-8-21(29)15-19/h3-12,14-16H,2,13H2,1H3,(H,30,31). The minimum atomic E-state index is -0.160. The Balaban J connectivity index is 1.61. The zero-order chi connectivity index (χ0) is 24.1. The molecule has 0 fully saturated rings. The summed E-state index contributed by atoms with van der Waals surface area (Å²) in [6.07, 6.45) is 0.249. The summed E-state index contributed by atoms with van der Waals surface area (Å²) in [6, 6.07) is 24.0. The van der Waals surface area contributed by atoms with Gasteiger partial charge in [0.25, 0.3) is 0 Å². The van der Waals surface area contributed by atoms with Gasteiger partial charge in [0.15, 0.2) is 0 Å². The van der Waals surface area contributed by atoms with Crippen LogP contribution < -0.4 is 5.32 Å². The highest BCUT2D eigenvalue weighted by atomic mass is 35.5. The Bertz CT molecular complexity index is 1330. The molecule has 1 aromatic heterocycles. The lowest BCUT2D eigenvalue weighted by molar-refractivity contribution is -0.115. The van der Waals surface area contributed by atoms with Crippen LogP contribution in [0.4, 0.5) is 5.00 Å². The lowest BCUT2D eigenvalue weighted by atomic mass is 10.0. The molecule has 3 aromatic carbocycles. The number of carbonyl (C=O) groups is 2. The number of amides is 1. The molecule has 34 heavy (non-hydrogen) atoms. The van der Waals surface area contributed by atoms with Crippen molar-refractivity contribution in [1.29, 1.82) is 0 Å². The van der Waals surface area contributed by atoms with E-state index >= 15 is 0 Å². The number of halogens is 2. The minimum Gasteiger partial charge on any atom is -0.317 e. The summed E-state index contributed by atoms with van der Waals surface area (Å²) in [5, 5.41) is 4.62. The maximum absolute atomic E-state index is 13.4. The average Bonchev–Trinajstić information content (AvgIpc) is 3.23. The van der Waals surface area contributed by atoms with Crippen LogP contribution in [0.2, 0.25) is 10.0 Å². The number of thiophene rings is 1. The van der Waals surface area contributed by atoms with Crippen LogP contribution in [0.25, 0.3) is 11.1 Å². The molecule has 0 saturated carbocycles. The number of benzene rings is 3. The summed E-state index contributed by atoms with van der Waals surface area (Å²) in [5.41, 5.74) is 2.94. The van der Waals surface area contributed by atoms with Gasteiger partial charge in [0.1, 0.15) is 0 Å². The third-order valence-electron chi connectivity index (χ3n) is 5.02. The highest BCUT2D eigenvalue weighted by molar-refractivity contribution is 7.99. The number of rotatable bonds is 8. The Labute approximate surface area is 217 Å². The van der Waals surface area contributed by atoms with Gasteiger partial charge in [-0.1, -0.05) is 66.5 Å². The Hall–Kier alpha value is -2.57. The maximum atomic E-state index is 13.4. The second kappa shape index (κ2) is 11.2. The van der Waals surface area contributed by atoms with Crippen LogP contribution in [-0.2, 0) is 11.2 Å². The van der Waals surface area contributed by atoms with Crippen LogP contribution >= 0.6 is 46.3 Å². The lowest BCUT2D eigenvalue weighted by Gasteiger charge is -2.04. The molecule has 1 N–H and O–H groups in total. The number of hydrogen-bond donors (Lipinski definition) is 1. The highest BCUT2D eigenvalue weighted by Gasteiger charge is 2.20. The van der Waals surface area contributed by atoms with Gasteiger partial charge in [-0.05, 0) is 59.3 Å². The fourth-order valence-electron chi connectivity index (χ4n) is 3.49. The van der Waals surface area contributed by atoms with E-state index < -0.39 is 0 Å². The number of ketones is 1. The van der Waals surface area contributed by atoms with Gasteiger partial charge in [0, 0.05) is 26.1 Å². The summed E-state index contributed by atoms with van der Waals surface area (Å²) in [5.74, 6) is 0.701. The van der Waals surface area contributed by atoms with Gasteiger partial charge in [-0.3, -0.25) is 9.59 Å². The molecule has 0 saturated heterocycles. The summed E-state index contributed by atoms with van der Waals surface area (Å²) < 4.78 is 0. The number of carbonyl (C=O) groups excluding carboxylic acids is 2. The van der Waals surface area contributed by atoms with Gasteiger partial charge < -0.3 is 5.32 Å². The molecule has 0 aliphatic heterocycles. The van der Waals surface area contributed by atoms with Crippen LogP contribution in [-0.4, -0.2) is 17.4 Å². The molecular formula is C27H21Cl2NO2S2. The van der Waals surface area contributed by atoms with E-state index in [-0.39, 0.29) is 18.1 Å². The van der Waals surface area contributed by atoms with E-state index in [1.807, 2.05) is 42.5 Å². The van der Waals surface area contributed by atoms with Crippen molar-refractivity contribution in [2.45, 2.75) is 18.2 Å². The fourth-order valence-corrected chi connectivity index (χ4v) is 5.59.